The van der Waals surface area contributed by atoms with Crippen molar-refractivity contribution in [1.82, 2.24) is 79.6 Å². The van der Waals surface area contributed by atoms with Crippen molar-refractivity contribution in [3.05, 3.63) is 92.1 Å². The van der Waals surface area contributed by atoms with Crippen LogP contribution in [0.2, 0.25) is 0 Å². The van der Waals surface area contributed by atoms with Gasteiger partial charge in [0.25, 0.3) is 11.9 Å². The second kappa shape index (κ2) is 41.8. The number of aromatic amines is 1. The van der Waals surface area contributed by atoms with E-state index in [2.05, 4.69) is 68.8 Å². The summed E-state index contributed by atoms with van der Waals surface area (Å²) >= 11 is 0. The largest absolute Gasteiger partial charge is 0.481 e. The number of fused-ring (bicyclic) bond motifs is 1. The average molecular weight is 1390 g/mol. The van der Waals surface area contributed by atoms with E-state index < -0.39 is 179 Å². The van der Waals surface area contributed by atoms with E-state index in [0.29, 0.717) is 28.5 Å². The fourth-order valence-electron chi connectivity index (χ4n) is 9.78. The number of nitrogens with two attached hydrogens (primary N) is 1. The van der Waals surface area contributed by atoms with Crippen LogP contribution in [-0.4, -0.2) is 189 Å². The van der Waals surface area contributed by atoms with Gasteiger partial charge in [0.2, 0.25) is 59.1 Å². The molecule has 10 atom stereocenters. The summed E-state index contributed by atoms with van der Waals surface area (Å²) in [6.07, 6.45) is 0.554. The zero-order valence-electron chi connectivity index (χ0n) is 56.0. The molecule has 3 rings (SSSR count). The van der Waals surface area contributed by atoms with Crippen LogP contribution >= 0.6 is 0 Å². The molecule has 0 saturated heterocycles. The molecule has 0 aliphatic heterocycles. The van der Waals surface area contributed by atoms with Gasteiger partial charge in [-0.05, 0) is 80.4 Å². The smallest absolute Gasteiger partial charge is 0.322 e. The Kier molecular flexibility index (Phi) is 34.7. The average Bonchev–Trinajstić information content (AvgIpc) is 1.75. The number of H-pyrrole nitrogens is 1. The van der Waals surface area contributed by atoms with Gasteiger partial charge in [-0.25, -0.2) is 20.2 Å². The van der Waals surface area contributed by atoms with Crippen molar-refractivity contribution in [3.8, 4) is 0 Å². The van der Waals surface area contributed by atoms with Crippen LogP contribution in [-0.2, 0) is 70.4 Å². The lowest BCUT2D eigenvalue weighted by molar-refractivity contribution is -0.525. The molecule has 1 heterocycles. The molecule has 0 aliphatic carbocycles. The van der Waals surface area contributed by atoms with E-state index in [0.717, 1.165) is 0 Å². The van der Waals surface area contributed by atoms with E-state index in [1.54, 1.807) is 113 Å². The van der Waals surface area contributed by atoms with Gasteiger partial charge in [-0.2, -0.15) is 0 Å². The van der Waals surface area contributed by atoms with Crippen LogP contribution in [0.15, 0.2) is 60.8 Å². The number of para-hydroxylation sites is 1. The van der Waals surface area contributed by atoms with E-state index in [-0.39, 0.29) is 70.4 Å². The normalized spacial score (nSPS) is 14.0. The molecule has 99 heavy (non-hydrogen) atoms. The number of carboxylic acids is 2. The van der Waals surface area contributed by atoms with Crippen LogP contribution in [0.5, 0.6) is 0 Å². The van der Waals surface area contributed by atoms with Gasteiger partial charge in [0.05, 0.1) is 12.6 Å². The summed E-state index contributed by atoms with van der Waals surface area (Å²) in [6.45, 7) is 9.42. The summed E-state index contributed by atoms with van der Waals surface area (Å²) in [7, 11) is 0. The Morgan fingerprint density at radius 1 is 0.535 bits per heavy atom. The molecular formula is C61H92N20O18. The highest BCUT2D eigenvalue weighted by Crippen LogP contribution is 2.20. The van der Waals surface area contributed by atoms with E-state index in [1.165, 1.54) is 6.92 Å². The number of aliphatic carboxylic acids is 2. The molecule has 0 unspecified atom stereocenters. The minimum Gasteiger partial charge on any atom is -0.481 e. The first-order chi connectivity index (χ1) is 46.7. The SMILES string of the molecule is CC[C@H](C)[C@H](NC(=O)[C@H](Cc1ccccc1)NC(=O)[C@@H](N)CCC(=O)O)C(=O)N[C@@H](C)C(=O)N[C@@H](Cc1c[nH]c2ccccc12)C(=O)N[C@@H](CC(C)C)C(=O)N[C@H](C(=O)N[C@@H](CCCNC(=N)N[N+](=O)[O-])C(=O)NCC(=O)N[C@@H](CCCNC(=N)N[N+](=O)[O-])C(=O)NCC(=O)O)C(C)C. The molecule has 21 N–H and O–H groups in total. The molecule has 0 radical (unpaired) electrons. The summed E-state index contributed by atoms with van der Waals surface area (Å²) in [5.74, 6) is -14.5. The number of nitrogens with zero attached hydrogens (tertiary/aromatic N) is 2. The van der Waals surface area contributed by atoms with Crippen LogP contribution < -0.4 is 80.4 Å². The van der Waals surface area contributed by atoms with Crippen molar-refractivity contribution in [2.45, 2.75) is 167 Å². The van der Waals surface area contributed by atoms with Gasteiger partial charge in [-0.15, -0.1) is 0 Å². The van der Waals surface area contributed by atoms with Crippen molar-refractivity contribution < 1.29 is 77.8 Å². The van der Waals surface area contributed by atoms with Crippen LogP contribution in [0.3, 0.4) is 0 Å². The summed E-state index contributed by atoms with van der Waals surface area (Å²) < 4.78 is 0. The van der Waals surface area contributed by atoms with Crippen molar-refractivity contribution in [2.75, 3.05) is 26.2 Å². The second-order valence-corrected chi connectivity index (χ2v) is 24.1. The molecule has 0 saturated carbocycles. The third-order valence-corrected chi connectivity index (χ3v) is 15.3. The molecule has 1 aromatic heterocycles. The number of carbonyl (C=O) groups is 12. The minimum absolute atomic E-state index is 0.00354. The number of nitro groups is 2. The van der Waals surface area contributed by atoms with E-state index in [1.807, 2.05) is 0 Å². The van der Waals surface area contributed by atoms with Crippen molar-refractivity contribution in [3.63, 3.8) is 0 Å². The number of hydrogen-bond donors (Lipinski definition) is 20. The van der Waals surface area contributed by atoms with Gasteiger partial charge in [0.15, 0.2) is 10.1 Å². The maximum atomic E-state index is 14.8. The quantitative estimate of drug-likeness (QED) is 0.00900. The van der Waals surface area contributed by atoms with Gasteiger partial charge in [0, 0.05) is 49.5 Å². The predicted octanol–water partition coefficient (Wildman–Crippen LogP) is -2.72. The molecule has 0 spiro atoms. The lowest BCUT2D eigenvalue weighted by Gasteiger charge is -2.29. The second-order valence-electron chi connectivity index (χ2n) is 24.1. The molecule has 38 heteroatoms. The topological polar surface area (TPSA) is 590 Å². The molecule has 544 valence electrons. The number of amides is 10. The molecule has 0 bridgehead atoms. The highest BCUT2D eigenvalue weighted by atomic mass is 16.7. The summed E-state index contributed by atoms with van der Waals surface area (Å²) in [4.78, 5) is 187. The summed E-state index contributed by atoms with van der Waals surface area (Å²) in [5.41, 5.74) is 11.0. The summed E-state index contributed by atoms with van der Waals surface area (Å²) in [6, 6.07) is 3.18. The minimum atomic E-state index is -1.53. The lowest BCUT2D eigenvalue weighted by atomic mass is 9.96. The Labute approximate surface area is 569 Å². The maximum Gasteiger partial charge on any atom is 0.322 e. The van der Waals surface area contributed by atoms with Crippen molar-refractivity contribution in [1.29, 1.82) is 10.8 Å². The van der Waals surface area contributed by atoms with Gasteiger partial charge in [-0.3, -0.25) is 68.4 Å². The van der Waals surface area contributed by atoms with Gasteiger partial charge >= 0.3 is 11.9 Å². The number of hydrazine groups is 2. The van der Waals surface area contributed by atoms with Gasteiger partial charge in [0.1, 0.15) is 54.9 Å². The third-order valence-electron chi connectivity index (χ3n) is 15.3. The number of guanidine groups is 2. The molecule has 38 nitrogen and oxygen atoms in total. The Bertz CT molecular complexity index is 3330. The Morgan fingerprint density at radius 3 is 1.59 bits per heavy atom. The van der Waals surface area contributed by atoms with E-state index >= 15 is 0 Å². The fraction of sp³-hybridized carbons (Fsp3) is 0.541. The highest BCUT2D eigenvalue weighted by molar-refractivity contribution is 5.99. The fourth-order valence-corrected chi connectivity index (χ4v) is 9.78. The van der Waals surface area contributed by atoms with Crippen LogP contribution in [0.25, 0.3) is 10.9 Å². The van der Waals surface area contributed by atoms with Gasteiger partial charge < -0.3 is 84.7 Å². The number of rotatable bonds is 43. The van der Waals surface area contributed by atoms with Crippen molar-refractivity contribution >= 4 is 93.8 Å². The number of benzene rings is 2. The maximum absolute atomic E-state index is 14.8. The monoisotopic (exact) mass is 1390 g/mol. The van der Waals surface area contributed by atoms with Crippen LogP contribution in [0.4, 0.5) is 0 Å². The molecule has 2 aromatic carbocycles. The molecule has 0 aliphatic rings. The number of hydrogen-bond acceptors (Lipinski definition) is 19. The first-order valence-corrected chi connectivity index (χ1v) is 31.9. The first-order valence-electron chi connectivity index (χ1n) is 31.9. The summed E-state index contributed by atoms with van der Waals surface area (Å²) in [5, 5.41) is 83.9. The molecular weight excluding hydrogens is 1300 g/mol. The highest BCUT2D eigenvalue weighted by Gasteiger charge is 2.37. The zero-order chi connectivity index (χ0) is 74.1. The van der Waals surface area contributed by atoms with Crippen LogP contribution in [0.1, 0.15) is 111 Å². The third kappa shape index (κ3) is 30.3. The predicted molar refractivity (Wildman–Crippen MR) is 356 cm³/mol. The van der Waals surface area contributed by atoms with Gasteiger partial charge in [-0.1, -0.05) is 107 Å². The van der Waals surface area contributed by atoms with E-state index in [9.17, 15) is 77.8 Å². The Balaban J connectivity index is 1.90. The number of carbonyl (C=O) groups excluding carboxylic acids is 10. The molecule has 10 amide bonds. The standard InChI is InChI=1S/C61H92N20O18/c1-8-34(6)50(77-57(93)44(27-36-16-10-9-11-17-36)74-52(88)39(62)22-23-47(83)84)59(95)70-35(7)51(87)73-45(28-37-29-67-40-19-13-12-18-38(37)40)55(91)75-43(26-32(2)3)56(92)76-49(33(4)5)58(94)72-42(21-15-25-66-61(64)79-81(98)99)54(90)68-30-46(82)71-41(53(89)69-31-48(85)86)20-14-24-65-60(63)78-80(96)97/h9-13,16-19,29,32-35,39,41-45,49-50,67H,8,14-15,20-28,30-31,62H2,1-7H3,(H,68,90)(H,69,89)(H,70,95)(H,71,82)(H,72,94)(H,73,87)(H,74,88)(H,75,91)(H,76,92)(H,77,93)(H,83,84)(H,85,86)(H3,63,65,78)(H3,64,66,79)/t34-,35-,39-,41-,42-,43-,44-,45-,49-,50-/m0/s1. The van der Waals surface area contributed by atoms with E-state index in [4.69, 9.17) is 26.8 Å². The van der Waals surface area contributed by atoms with Crippen LogP contribution in [0, 0.1) is 48.8 Å². The Morgan fingerprint density at radius 2 is 1.03 bits per heavy atom. The number of nitrogens with one attached hydrogen (secondary N) is 17. The number of aromatic nitrogens is 1. The number of carboxylic acid groups (broad SMARTS) is 2. The zero-order valence-corrected chi connectivity index (χ0v) is 56.0. The molecule has 3 aromatic rings. The Hall–Kier alpha value is -11.1. The molecule has 0 fully saturated rings. The first kappa shape index (κ1) is 82.2. The lowest BCUT2D eigenvalue weighted by Crippen LogP contribution is -2.61. The van der Waals surface area contributed by atoms with Crippen molar-refractivity contribution in [2.24, 2.45) is 23.5 Å².